The van der Waals surface area contributed by atoms with Crippen molar-refractivity contribution in [3.05, 3.63) is 70.5 Å². The summed E-state index contributed by atoms with van der Waals surface area (Å²) < 4.78 is 29.5. The number of nitrogens with one attached hydrogen (secondary N) is 1. The fraction of sp³-hybridized carbons (Fsp3) is 0.0625. The van der Waals surface area contributed by atoms with Crippen molar-refractivity contribution >= 4 is 38.9 Å². The summed E-state index contributed by atoms with van der Waals surface area (Å²) in [6.45, 7) is 1.84. The number of aromatic nitrogens is 2. The maximum absolute atomic E-state index is 12.7. The zero-order valence-electron chi connectivity index (χ0n) is 12.6. The van der Waals surface area contributed by atoms with Crippen LogP contribution in [0.5, 0.6) is 0 Å². The van der Waals surface area contributed by atoms with Crippen molar-refractivity contribution in [1.82, 2.24) is 9.78 Å². The van der Waals surface area contributed by atoms with Crippen LogP contribution in [0.3, 0.4) is 0 Å². The van der Waals surface area contributed by atoms with Crippen LogP contribution in [0.1, 0.15) is 5.56 Å². The summed E-state index contributed by atoms with van der Waals surface area (Å²) in [6, 6.07) is 11.4. The number of nitrogens with zero attached hydrogens (tertiary/aromatic N) is 2. The summed E-state index contributed by atoms with van der Waals surface area (Å²) in [5, 5.41) is 4.68. The van der Waals surface area contributed by atoms with E-state index in [9.17, 15) is 8.42 Å². The van der Waals surface area contributed by atoms with Crippen LogP contribution in [0.4, 0.5) is 5.69 Å². The van der Waals surface area contributed by atoms with Crippen LogP contribution in [0.15, 0.2) is 59.8 Å². The molecule has 0 aliphatic heterocycles. The predicted molar refractivity (Wildman–Crippen MR) is 95.6 cm³/mol. The van der Waals surface area contributed by atoms with E-state index in [0.717, 1.165) is 5.56 Å². The van der Waals surface area contributed by atoms with Crippen LogP contribution in [0.2, 0.25) is 10.0 Å². The minimum Gasteiger partial charge on any atom is -0.277 e. The molecule has 0 unspecified atom stereocenters. The molecule has 0 radical (unpaired) electrons. The quantitative estimate of drug-likeness (QED) is 0.732. The number of sulfonamides is 1. The molecule has 1 aromatic heterocycles. The first-order valence-corrected chi connectivity index (χ1v) is 9.19. The summed E-state index contributed by atoms with van der Waals surface area (Å²) >= 11 is 12.1. The van der Waals surface area contributed by atoms with Gasteiger partial charge in [-0.15, -0.1) is 0 Å². The van der Waals surface area contributed by atoms with Gasteiger partial charge in [0, 0.05) is 17.4 Å². The van der Waals surface area contributed by atoms with Gasteiger partial charge in [-0.1, -0.05) is 29.3 Å². The van der Waals surface area contributed by atoms with Crippen LogP contribution < -0.4 is 4.72 Å². The van der Waals surface area contributed by atoms with Crippen molar-refractivity contribution in [2.45, 2.75) is 11.8 Å². The molecule has 0 spiro atoms. The molecule has 0 atom stereocenters. The lowest BCUT2D eigenvalue weighted by Gasteiger charge is -2.14. The van der Waals surface area contributed by atoms with Gasteiger partial charge in [-0.2, -0.15) is 5.10 Å². The topological polar surface area (TPSA) is 64.0 Å². The van der Waals surface area contributed by atoms with Crippen LogP contribution in [0.25, 0.3) is 5.69 Å². The minimum absolute atomic E-state index is 0.00107. The molecule has 124 valence electrons. The Bertz CT molecular complexity index is 987. The van der Waals surface area contributed by atoms with Gasteiger partial charge in [0.15, 0.2) is 0 Å². The van der Waals surface area contributed by atoms with E-state index < -0.39 is 10.0 Å². The first-order chi connectivity index (χ1) is 11.4. The average molecular weight is 382 g/mol. The second-order valence-electron chi connectivity index (χ2n) is 5.15. The van der Waals surface area contributed by atoms with Gasteiger partial charge < -0.3 is 0 Å². The first-order valence-electron chi connectivity index (χ1n) is 6.95. The van der Waals surface area contributed by atoms with E-state index >= 15 is 0 Å². The molecule has 5 nitrogen and oxygen atoms in total. The molecular formula is C16H13Cl2N3O2S. The summed E-state index contributed by atoms with van der Waals surface area (Å²) in [4.78, 5) is 0.00107. The molecular weight excluding hydrogens is 369 g/mol. The minimum atomic E-state index is -3.87. The molecule has 3 aromatic rings. The van der Waals surface area contributed by atoms with Gasteiger partial charge in [0.05, 0.1) is 16.4 Å². The Hall–Kier alpha value is -2.02. The van der Waals surface area contributed by atoms with Crippen molar-refractivity contribution in [1.29, 1.82) is 0 Å². The Balaban J connectivity index is 2.06. The van der Waals surface area contributed by atoms with Crippen molar-refractivity contribution in [2.24, 2.45) is 0 Å². The second-order valence-corrected chi connectivity index (χ2v) is 7.65. The molecule has 24 heavy (non-hydrogen) atoms. The van der Waals surface area contributed by atoms with Crippen LogP contribution in [-0.4, -0.2) is 18.2 Å². The van der Waals surface area contributed by atoms with Crippen LogP contribution in [0, 0.1) is 6.92 Å². The lowest BCUT2D eigenvalue weighted by Crippen LogP contribution is -2.15. The van der Waals surface area contributed by atoms with E-state index in [1.54, 1.807) is 47.4 Å². The molecule has 0 aliphatic rings. The standard InChI is InChI=1S/C16H13Cl2N3O2S/c1-11-3-6-16(13(18)9-11)24(22,23)20-14-10-12(17)4-5-15(14)21-8-2-7-19-21/h2-10,20H,1H3. The summed E-state index contributed by atoms with van der Waals surface area (Å²) in [6.07, 6.45) is 3.31. The molecule has 0 saturated heterocycles. The SMILES string of the molecule is Cc1ccc(S(=O)(=O)Nc2cc(Cl)ccc2-n2cccn2)c(Cl)c1. The maximum Gasteiger partial charge on any atom is 0.263 e. The molecule has 8 heteroatoms. The van der Waals surface area contributed by atoms with E-state index in [4.69, 9.17) is 23.2 Å². The third kappa shape index (κ3) is 3.40. The Labute approximate surface area is 149 Å². The van der Waals surface area contributed by atoms with Crippen molar-refractivity contribution in [3.63, 3.8) is 0 Å². The van der Waals surface area contributed by atoms with E-state index in [2.05, 4.69) is 9.82 Å². The normalized spacial score (nSPS) is 11.5. The van der Waals surface area contributed by atoms with Gasteiger partial charge in [0.1, 0.15) is 4.90 Å². The Morgan fingerprint density at radius 1 is 1.12 bits per heavy atom. The Morgan fingerprint density at radius 3 is 2.58 bits per heavy atom. The van der Waals surface area contributed by atoms with E-state index in [1.807, 2.05) is 6.92 Å². The number of benzene rings is 2. The van der Waals surface area contributed by atoms with Crippen LogP contribution in [-0.2, 0) is 10.0 Å². The van der Waals surface area contributed by atoms with Gasteiger partial charge >= 0.3 is 0 Å². The fourth-order valence-corrected chi connectivity index (χ4v) is 4.06. The van der Waals surface area contributed by atoms with E-state index in [1.165, 1.54) is 12.1 Å². The zero-order chi connectivity index (χ0) is 17.3. The average Bonchev–Trinajstić information content (AvgIpc) is 3.00. The molecule has 0 bridgehead atoms. The highest BCUT2D eigenvalue weighted by Crippen LogP contribution is 2.29. The Kier molecular flexibility index (Phi) is 4.54. The molecule has 1 heterocycles. The number of hydrogen-bond acceptors (Lipinski definition) is 3. The number of aryl methyl sites for hydroxylation is 1. The number of anilines is 1. The molecule has 3 rings (SSSR count). The van der Waals surface area contributed by atoms with E-state index in [0.29, 0.717) is 16.4 Å². The lowest BCUT2D eigenvalue weighted by molar-refractivity contribution is 0.601. The highest BCUT2D eigenvalue weighted by Gasteiger charge is 2.20. The highest BCUT2D eigenvalue weighted by molar-refractivity contribution is 7.92. The van der Waals surface area contributed by atoms with Gasteiger partial charge in [0.2, 0.25) is 0 Å². The molecule has 0 saturated carbocycles. The van der Waals surface area contributed by atoms with Gasteiger partial charge in [-0.25, -0.2) is 13.1 Å². The first kappa shape index (κ1) is 16.8. The highest BCUT2D eigenvalue weighted by atomic mass is 35.5. The molecule has 0 amide bonds. The van der Waals surface area contributed by atoms with Crippen LogP contribution >= 0.6 is 23.2 Å². The maximum atomic E-state index is 12.7. The molecule has 0 fully saturated rings. The molecule has 2 aromatic carbocycles. The summed E-state index contributed by atoms with van der Waals surface area (Å²) in [7, 11) is -3.87. The predicted octanol–water partition coefficient (Wildman–Crippen LogP) is 4.29. The monoisotopic (exact) mass is 381 g/mol. The van der Waals surface area contributed by atoms with E-state index in [-0.39, 0.29) is 9.92 Å². The number of rotatable bonds is 4. The number of halogens is 2. The largest absolute Gasteiger partial charge is 0.277 e. The smallest absolute Gasteiger partial charge is 0.263 e. The summed E-state index contributed by atoms with van der Waals surface area (Å²) in [5.41, 5.74) is 1.73. The number of hydrogen-bond donors (Lipinski definition) is 1. The summed E-state index contributed by atoms with van der Waals surface area (Å²) in [5.74, 6) is 0. The van der Waals surface area contributed by atoms with Gasteiger partial charge in [0.25, 0.3) is 10.0 Å². The van der Waals surface area contributed by atoms with Gasteiger partial charge in [-0.3, -0.25) is 4.72 Å². The zero-order valence-corrected chi connectivity index (χ0v) is 14.9. The van der Waals surface area contributed by atoms with Crippen molar-refractivity contribution < 1.29 is 8.42 Å². The third-order valence-electron chi connectivity index (χ3n) is 3.33. The van der Waals surface area contributed by atoms with Crippen molar-refractivity contribution in [2.75, 3.05) is 4.72 Å². The lowest BCUT2D eigenvalue weighted by atomic mass is 10.2. The van der Waals surface area contributed by atoms with Gasteiger partial charge in [-0.05, 0) is 48.9 Å². The second kappa shape index (κ2) is 6.47. The fourth-order valence-electron chi connectivity index (χ4n) is 2.22. The third-order valence-corrected chi connectivity index (χ3v) is 5.41. The Morgan fingerprint density at radius 2 is 1.92 bits per heavy atom. The van der Waals surface area contributed by atoms with Crippen molar-refractivity contribution in [3.8, 4) is 5.69 Å². The molecule has 0 aliphatic carbocycles. The molecule has 1 N–H and O–H groups in total.